The van der Waals surface area contributed by atoms with Crippen LogP contribution in [0.15, 0.2) is 42.5 Å². The summed E-state index contributed by atoms with van der Waals surface area (Å²) in [6.07, 6.45) is 0. The van der Waals surface area contributed by atoms with Crippen LogP contribution in [0.2, 0.25) is 5.02 Å². The third-order valence-corrected chi connectivity index (χ3v) is 3.72. The molecule has 6 heteroatoms. The molecule has 0 saturated heterocycles. The zero-order valence-corrected chi connectivity index (χ0v) is 14.5. The second kappa shape index (κ2) is 8.66. The molecule has 1 amide bonds. The molecule has 0 fully saturated rings. The van der Waals surface area contributed by atoms with Crippen LogP contribution in [-0.2, 0) is 11.3 Å². The predicted octanol–water partition coefficient (Wildman–Crippen LogP) is 2.53. The zero-order chi connectivity index (χ0) is 17.5. The second-order valence-corrected chi connectivity index (χ2v) is 5.97. The molecule has 0 radical (unpaired) electrons. The standard InChI is InChI=1S/C18H20ClFN2O2/c1-3-24-15-7-4-13(5-8-15)11-22(2)12-18(23)21-17-9-6-14(20)10-16(17)19/h4-10H,3,11-12H2,1-2H3,(H,21,23)/p+1. The quantitative estimate of drug-likeness (QED) is 0.805. The molecule has 2 N–H and O–H groups in total. The van der Waals surface area contributed by atoms with Gasteiger partial charge < -0.3 is 15.0 Å². The fraction of sp³-hybridized carbons (Fsp3) is 0.278. The Morgan fingerprint density at radius 1 is 1.25 bits per heavy atom. The highest BCUT2D eigenvalue weighted by Crippen LogP contribution is 2.22. The molecule has 0 aliphatic heterocycles. The van der Waals surface area contributed by atoms with Crippen molar-refractivity contribution in [2.75, 3.05) is 25.5 Å². The lowest BCUT2D eigenvalue weighted by molar-refractivity contribution is -0.885. The maximum absolute atomic E-state index is 13.0. The Bertz CT molecular complexity index is 692. The number of amides is 1. The molecule has 4 nitrogen and oxygen atoms in total. The molecule has 0 aliphatic rings. The second-order valence-electron chi connectivity index (χ2n) is 5.56. The van der Waals surface area contributed by atoms with E-state index >= 15 is 0 Å². The zero-order valence-electron chi connectivity index (χ0n) is 13.7. The van der Waals surface area contributed by atoms with Gasteiger partial charge in [0.05, 0.1) is 24.4 Å². The van der Waals surface area contributed by atoms with Gasteiger partial charge >= 0.3 is 0 Å². The molecule has 1 unspecified atom stereocenters. The van der Waals surface area contributed by atoms with Crippen molar-refractivity contribution in [3.05, 3.63) is 58.9 Å². The molecule has 24 heavy (non-hydrogen) atoms. The first-order valence-corrected chi connectivity index (χ1v) is 8.13. The first-order valence-electron chi connectivity index (χ1n) is 7.76. The number of hydrogen-bond donors (Lipinski definition) is 2. The molecule has 0 saturated carbocycles. The number of anilines is 1. The van der Waals surface area contributed by atoms with Crippen LogP contribution in [0.4, 0.5) is 10.1 Å². The molecule has 2 aromatic rings. The topological polar surface area (TPSA) is 42.8 Å². The number of quaternary nitrogens is 1. The summed E-state index contributed by atoms with van der Waals surface area (Å²) in [5.41, 5.74) is 1.53. The van der Waals surface area contributed by atoms with E-state index in [1.165, 1.54) is 18.2 Å². The third kappa shape index (κ3) is 5.51. The van der Waals surface area contributed by atoms with E-state index in [9.17, 15) is 9.18 Å². The van der Waals surface area contributed by atoms with Crippen molar-refractivity contribution in [3.63, 3.8) is 0 Å². The van der Waals surface area contributed by atoms with Crippen molar-refractivity contribution in [2.45, 2.75) is 13.5 Å². The minimum Gasteiger partial charge on any atom is -0.494 e. The third-order valence-electron chi connectivity index (χ3n) is 3.41. The average Bonchev–Trinajstić information content (AvgIpc) is 2.52. The average molecular weight is 352 g/mol. The van der Waals surface area contributed by atoms with Gasteiger partial charge in [-0.25, -0.2) is 4.39 Å². The van der Waals surface area contributed by atoms with Crippen LogP contribution < -0.4 is 15.0 Å². The normalized spacial score (nSPS) is 11.8. The largest absolute Gasteiger partial charge is 0.494 e. The Balaban J connectivity index is 1.86. The summed E-state index contributed by atoms with van der Waals surface area (Å²) in [4.78, 5) is 13.1. The summed E-state index contributed by atoms with van der Waals surface area (Å²) in [6, 6.07) is 11.7. The van der Waals surface area contributed by atoms with E-state index in [0.29, 0.717) is 18.8 Å². The lowest BCUT2D eigenvalue weighted by Crippen LogP contribution is -3.08. The molecule has 2 aromatic carbocycles. The maximum atomic E-state index is 13.0. The Labute approximate surface area is 146 Å². The van der Waals surface area contributed by atoms with Crippen LogP contribution in [-0.4, -0.2) is 26.1 Å². The number of nitrogens with one attached hydrogen (secondary N) is 2. The monoisotopic (exact) mass is 351 g/mol. The molecule has 0 aliphatic carbocycles. The van der Waals surface area contributed by atoms with E-state index < -0.39 is 5.82 Å². The predicted molar refractivity (Wildman–Crippen MR) is 93.1 cm³/mol. The van der Waals surface area contributed by atoms with Gasteiger partial charge in [-0.1, -0.05) is 11.6 Å². The number of ether oxygens (including phenoxy) is 1. The highest BCUT2D eigenvalue weighted by atomic mass is 35.5. The summed E-state index contributed by atoms with van der Waals surface area (Å²) >= 11 is 5.91. The molecule has 2 rings (SSSR count). The molecule has 0 heterocycles. The van der Waals surface area contributed by atoms with Crippen LogP contribution in [0.25, 0.3) is 0 Å². The molecular formula is C18H21ClFN2O2+. The van der Waals surface area contributed by atoms with E-state index in [4.69, 9.17) is 16.3 Å². The van der Waals surface area contributed by atoms with Gasteiger partial charge in [-0.3, -0.25) is 4.79 Å². The lowest BCUT2D eigenvalue weighted by atomic mass is 10.2. The maximum Gasteiger partial charge on any atom is 0.279 e. The minimum absolute atomic E-state index is 0.174. The number of rotatable bonds is 7. The minimum atomic E-state index is -0.434. The number of likely N-dealkylation sites (N-methyl/N-ethyl adjacent to an activating group) is 1. The van der Waals surface area contributed by atoms with Crippen LogP contribution >= 0.6 is 11.6 Å². The summed E-state index contributed by atoms with van der Waals surface area (Å²) < 4.78 is 18.4. The van der Waals surface area contributed by atoms with Gasteiger partial charge in [0.15, 0.2) is 6.54 Å². The lowest BCUT2D eigenvalue weighted by Gasteiger charge is -2.14. The summed E-state index contributed by atoms with van der Waals surface area (Å²) in [5.74, 6) is 0.228. The van der Waals surface area contributed by atoms with Crippen LogP contribution in [0, 0.1) is 5.82 Å². The fourth-order valence-electron chi connectivity index (χ4n) is 2.34. The first kappa shape index (κ1) is 18.2. The van der Waals surface area contributed by atoms with Gasteiger partial charge in [-0.05, 0) is 49.4 Å². The van der Waals surface area contributed by atoms with E-state index in [0.717, 1.165) is 16.2 Å². The van der Waals surface area contributed by atoms with Gasteiger partial charge in [0, 0.05) is 5.56 Å². The number of benzene rings is 2. The highest BCUT2D eigenvalue weighted by molar-refractivity contribution is 6.33. The van der Waals surface area contributed by atoms with E-state index in [1.807, 2.05) is 38.2 Å². The van der Waals surface area contributed by atoms with Gasteiger partial charge in [-0.15, -0.1) is 0 Å². The van der Waals surface area contributed by atoms with Crippen molar-refractivity contribution >= 4 is 23.2 Å². The van der Waals surface area contributed by atoms with Crippen LogP contribution in [0.1, 0.15) is 12.5 Å². The Morgan fingerprint density at radius 2 is 1.96 bits per heavy atom. The number of halogens is 2. The van der Waals surface area contributed by atoms with Crippen molar-refractivity contribution in [2.24, 2.45) is 0 Å². The number of hydrogen-bond acceptors (Lipinski definition) is 2. The highest BCUT2D eigenvalue weighted by Gasteiger charge is 2.12. The van der Waals surface area contributed by atoms with Crippen LogP contribution in [0.3, 0.4) is 0 Å². The SMILES string of the molecule is CCOc1ccc(C[NH+](C)CC(=O)Nc2ccc(F)cc2Cl)cc1. The van der Waals surface area contributed by atoms with Gasteiger partial charge in [0.25, 0.3) is 5.91 Å². The van der Waals surface area contributed by atoms with Gasteiger partial charge in [0.2, 0.25) is 0 Å². The van der Waals surface area contributed by atoms with E-state index in [2.05, 4.69) is 5.32 Å². The molecule has 0 aromatic heterocycles. The Morgan fingerprint density at radius 3 is 2.58 bits per heavy atom. The van der Waals surface area contributed by atoms with Gasteiger partial charge in [0.1, 0.15) is 18.1 Å². The van der Waals surface area contributed by atoms with E-state index in [-0.39, 0.29) is 17.5 Å². The molecule has 1 atom stereocenters. The smallest absolute Gasteiger partial charge is 0.279 e. The van der Waals surface area contributed by atoms with Crippen molar-refractivity contribution < 1.29 is 18.8 Å². The summed E-state index contributed by atoms with van der Waals surface area (Å²) in [5, 5.41) is 2.89. The van der Waals surface area contributed by atoms with E-state index in [1.54, 1.807) is 0 Å². The number of carbonyl (C=O) groups excluding carboxylic acids is 1. The van der Waals surface area contributed by atoms with Crippen LogP contribution in [0.5, 0.6) is 5.75 Å². The number of carbonyl (C=O) groups is 1. The van der Waals surface area contributed by atoms with Crippen molar-refractivity contribution in [1.29, 1.82) is 0 Å². The summed E-state index contributed by atoms with van der Waals surface area (Å²) in [7, 11) is 1.93. The fourth-order valence-corrected chi connectivity index (χ4v) is 2.55. The first-order chi connectivity index (χ1) is 11.5. The Hall–Kier alpha value is -2.11. The van der Waals surface area contributed by atoms with Crippen molar-refractivity contribution in [3.8, 4) is 5.75 Å². The van der Waals surface area contributed by atoms with Crippen molar-refractivity contribution in [1.82, 2.24) is 0 Å². The molecule has 128 valence electrons. The van der Waals surface area contributed by atoms with Gasteiger partial charge in [-0.2, -0.15) is 0 Å². The summed E-state index contributed by atoms with van der Waals surface area (Å²) in [6.45, 7) is 3.56. The molecule has 0 spiro atoms. The molecule has 0 bridgehead atoms. The molecular weight excluding hydrogens is 331 g/mol. The Kier molecular flexibility index (Phi) is 6.58.